The number of aryl methyl sites for hydroxylation is 1. The number of carbonyl (C=O) groups is 2. The molecular weight excluding hydrogens is 376 g/mol. The molecule has 2 amide bonds. The summed E-state index contributed by atoms with van der Waals surface area (Å²) in [6, 6.07) is 18.2. The third kappa shape index (κ3) is 4.94. The van der Waals surface area contributed by atoms with Crippen LogP contribution in [0.5, 0.6) is 0 Å². The number of likely N-dealkylation sites (tertiary alicyclic amines) is 1. The molecular formula is C24H28N4O2. The standard InChI is InChI=1S/C24H28N4O2/c1-18-6-5-9-21(16-18)28-23(29)11-10-22(26-28)24(30)25-20-12-14-27(15-13-20)17-19-7-3-2-4-8-19/h2-9,16,20H,10-15,17H2,1H3,(H,25,30). The molecule has 1 fully saturated rings. The highest BCUT2D eigenvalue weighted by molar-refractivity contribution is 6.40. The van der Waals surface area contributed by atoms with Gasteiger partial charge in [-0.3, -0.25) is 14.5 Å². The summed E-state index contributed by atoms with van der Waals surface area (Å²) in [5, 5.41) is 8.89. The van der Waals surface area contributed by atoms with Gasteiger partial charge in [0.1, 0.15) is 5.71 Å². The highest BCUT2D eigenvalue weighted by atomic mass is 16.2. The Labute approximate surface area is 177 Å². The number of rotatable bonds is 5. The van der Waals surface area contributed by atoms with Gasteiger partial charge < -0.3 is 5.32 Å². The fourth-order valence-electron chi connectivity index (χ4n) is 4.02. The molecule has 2 aromatic rings. The molecule has 2 aliphatic rings. The summed E-state index contributed by atoms with van der Waals surface area (Å²) >= 11 is 0. The minimum atomic E-state index is -0.151. The van der Waals surface area contributed by atoms with Crippen LogP contribution in [0.4, 0.5) is 5.69 Å². The molecule has 2 heterocycles. The van der Waals surface area contributed by atoms with E-state index >= 15 is 0 Å². The van der Waals surface area contributed by atoms with E-state index in [0.717, 1.165) is 38.0 Å². The molecule has 0 spiro atoms. The number of hydrogen-bond donors (Lipinski definition) is 1. The summed E-state index contributed by atoms with van der Waals surface area (Å²) in [7, 11) is 0. The molecule has 156 valence electrons. The Morgan fingerprint density at radius 3 is 2.57 bits per heavy atom. The zero-order valence-electron chi connectivity index (χ0n) is 17.4. The molecule has 6 heteroatoms. The van der Waals surface area contributed by atoms with E-state index in [-0.39, 0.29) is 17.9 Å². The maximum Gasteiger partial charge on any atom is 0.267 e. The van der Waals surface area contributed by atoms with Crippen LogP contribution >= 0.6 is 0 Å². The second-order valence-corrected chi connectivity index (χ2v) is 8.10. The number of benzene rings is 2. The van der Waals surface area contributed by atoms with Crippen LogP contribution in [0.3, 0.4) is 0 Å². The number of carbonyl (C=O) groups excluding carboxylic acids is 2. The summed E-state index contributed by atoms with van der Waals surface area (Å²) < 4.78 is 0. The molecule has 6 nitrogen and oxygen atoms in total. The maximum absolute atomic E-state index is 12.8. The lowest BCUT2D eigenvalue weighted by Crippen LogP contribution is -2.47. The van der Waals surface area contributed by atoms with Crippen LogP contribution in [0.1, 0.15) is 36.8 Å². The van der Waals surface area contributed by atoms with Crippen molar-refractivity contribution in [2.24, 2.45) is 5.10 Å². The molecule has 1 saturated heterocycles. The van der Waals surface area contributed by atoms with Gasteiger partial charge in [-0.1, -0.05) is 42.5 Å². The highest BCUT2D eigenvalue weighted by Gasteiger charge is 2.28. The number of piperidine rings is 1. The lowest BCUT2D eigenvalue weighted by molar-refractivity contribution is -0.119. The third-order valence-electron chi connectivity index (χ3n) is 5.71. The van der Waals surface area contributed by atoms with E-state index in [9.17, 15) is 9.59 Å². The van der Waals surface area contributed by atoms with E-state index in [2.05, 4.69) is 39.6 Å². The van der Waals surface area contributed by atoms with E-state index < -0.39 is 0 Å². The molecule has 2 aromatic carbocycles. The third-order valence-corrected chi connectivity index (χ3v) is 5.71. The van der Waals surface area contributed by atoms with Crippen molar-refractivity contribution in [3.8, 4) is 0 Å². The molecule has 1 N–H and O–H groups in total. The summed E-state index contributed by atoms with van der Waals surface area (Å²) in [6.45, 7) is 4.83. The van der Waals surface area contributed by atoms with Crippen LogP contribution < -0.4 is 10.3 Å². The van der Waals surface area contributed by atoms with Crippen LogP contribution in [-0.2, 0) is 16.1 Å². The molecule has 4 rings (SSSR count). The van der Waals surface area contributed by atoms with Crippen LogP contribution in [0.2, 0.25) is 0 Å². The zero-order valence-corrected chi connectivity index (χ0v) is 17.4. The second-order valence-electron chi connectivity index (χ2n) is 8.10. The quantitative estimate of drug-likeness (QED) is 0.832. The topological polar surface area (TPSA) is 65.0 Å². The van der Waals surface area contributed by atoms with Crippen molar-refractivity contribution >= 4 is 23.2 Å². The van der Waals surface area contributed by atoms with Gasteiger partial charge in [-0.25, -0.2) is 5.01 Å². The first-order valence-electron chi connectivity index (χ1n) is 10.6. The van der Waals surface area contributed by atoms with Gasteiger partial charge in [0.05, 0.1) is 5.69 Å². The van der Waals surface area contributed by atoms with E-state index in [1.165, 1.54) is 10.6 Å². The maximum atomic E-state index is 12.8. The van der Waals surface area contributed by atoms with Gasteiger partial charge in [0.25, 0.3) is 5.91 Å². The fourth-order valence-corrected chi connectivity index (χ4v) is 4.02. The summed E-state index contributed by atoms with van der Waals surface area (Å²) in [5.41, 5.74) is 3.51. The van der Waals surface area contributed by atoms with Crippen molar-refractivity contribution in [2.45, 2.75) is 45.2 Å². The Hall–Kier alpha value is -2.99. The Bertz CT molecular complexity index is 933. The Balaban J connectivity index is 1.33. The number of nitrogens with one attached hydrogen (secondary N) is 1. The first-order valence-corrected chi connectivity index (χ1v) is 10.6. The molecule has 30 heavy (non-hydrogen) atoms. The predicted molar refractivity (Wildman–Crippen MR) is 118 cm³/mol. The molecule has 0 radical (unpaired) electrons. The number of hydrogen-bond acceptors (Lipinski definition) is 4. The van der Waals surface area contributed by atoms with Crippen molar-refractivity contribution in [3.05, 3.63) is 65.7 Å². The van der Waals surface area contributed by atoms with E-state index in [4.69, 9.17) is 0 Å². The minimum absolute atomic E-state index is 0.0774. The van der Waals surface area contributed by atoms with Gasteiger partial charge in [0.2, 0.25) is 5.91 Å². The zero-order chi connectivity index (χ0) is 20.9. The normalized spacial score (nSPS) is 18.2. The van der Waals surface area contributed by atoms with Crippen molar-refractivity contribution < 1.29 is 9.59 Å². The van der Waals surface area contributed by atoms with E-state index in [0.29, 0.717) is 24.2 Å². The van der Waals surface area contributed by atoms with Crippen LogP contribution in [0.25, 0.3) is 0 Å². The Morgan fingerprint density at radius 2 is 1.83 bits per heavy atom. The lowest BCUT2D eigenvalue weighted by Gasteiger charge is -2.32. The number of anilines is 1. The second kappa shape index (κ2) is 9.22. The van der Waals surface area contributed by atoms with Crippen LogP contribution in [0, 0.1) is 6.92 Å². The molecule has 2 aliphatic heterocycles. The van der Waals surface area contributed by atoms with Gasteiger partial charge in [0, 0.05) is 38.5 Å². The van der Waals surface area contributed by atoms with Gasteiger partial charge in [-0.2, -0.15) is 5.10 Å². The van der Waals surface area contributed by atoms with Gasteiger partial charge in [-0.05, 0) is 43.0 Å². The molecule has 0 unspecified atom stereocenters. The smallest absolute Gasteiger partial charge is 0.267 e. The Morgan fingerprint density at radius 1 is 1.07 bits per heavy atom. The first-order chi connectivity index (χ1) is 14.6. The SMILES string of the molecule is Cc1cccc(N2N=C(C(=O)NC3CCN(Cc4ccccc4)CC3)CCC2=O)c1. The lowest BCUT2D eigenvalue weighted by atomic mass is 10.0. The van der Waals surface area contributed by atoms with Crippen molar-refractivity contribution in [2.75, 3.05) is 18.1 Å². The van der Waals surface area contributed by atoms with E-state index in [1.54, 1.807) is 0 Å². The fraction of sp³-hybridized carbons (Fsp3) is 0.375. The molecule has 0 bridgehead atoms. The number of amides is 2. The van der Waals surface area contributed by atoms with Crippen molar-refractivity contribution in [3.63, 3.8) is 0 Å². The van der Waals surface area contributed by atoms with Gasteiger partial charge in [-0.15, -0.1) is 0 Å². The largest absolute Gasteiger partial charge is 0.348 e. The summed E-state index contributed by atoms with van der Waals surface area (Å²) in [4.78, 5) is 27.6. The van der Waals surface area contributed by atoms with Crippen LogP contribution in [0.15, 0.2) is 59.7 Å². The number of nitrogens with zero attached hydrogens (tertiary/aromatic N) is 3. The summed E-state index contributed by atoms with van der Waals surface area (Å²) in [5.74, 6) is -0.229. The van der Waals surface area contributed by atoms with E-state index in [1.807, 2.05) is 37.3 Å². The minimum Gasteiger partial charge on any atom is -0.348 e. The Kier molecular flexibility index (Phi) is 6.23. The van der Waals surface area contributed by atoms with Crippen LogP contribution in [-0.4, -0.2) is 41.6 Å². The average molecular weight is 405 g/mol. The predicted octanol–water partition coefficient (Wildman–Crippen LogP) is 3.26. The van der Waals surface area contributed by atoms with Crippen molar-refractivity contribution in [1.82, 2.24) is 10.2 Å². The van der Waals surface area contributed by atoms with Gasteiger partial charge >= 0.3 is 0 Å². The average Bonchev–Trinajstić information content (AvgIpc) is 2.76. The molecule has 0 atom stereocenters. The summed E-state index contributed by atoms with van der Waals surface area (Å²) in [6.07, 6.45) is 2.54. The van der Waals surface area contributed by atoms with Crippen molar-refractivity contribution in [1.29, 1.82) is 0 Å². The molecule has 0 aromatic heterocycles. The number of hydrazone groups is 1. The molecule has 0 aliphatic carbocycles. The highest BCUT2D eigenvalue weighted by Crippen LogP contribution is 2.21. The molecule has 0 saturated carbocycles. The van der Waals surface area contributed by atoms with Gasteiger partial charge in [0.15, 0.2) is 0 Å². The first kappa shape index (κ1) is 20.3. The monoisotopic (exact) mass is 404 g/mol.